The van der Waals surface area contributed by atoms with Crippen LogP contribution in [0.5, 0.6) is 0 Å². The zero-order chi connectivity index (χ0) is 15.5. The maximum Gasteiger partial charge on any atom is 0.328 e. The highest BCUT2D eigenvalue weighted by atomic mass is 32.2. The average Bonchev–Trinajstić information content (AvgIpc) is 2.84. The van der Waals surface area contributed by atoms with Crippen LogP contribution in [0.25, 0.3) is 6.08 Å². The van der Waals surface area contributed by atoms with Crippen LogP contribution in [0.3, 0.4) is 0 Å². The summed E-state index contributed by atoms with van der Waals surface area (Å²) in [6, 6.07) is 6.38. The maximum absolute atomic E-state index is 12.1. The van der Waals surface area contributed by atoms with E-state index in [1.54, 1.807) is 25.1 Å². The number of carbonyl (C=O) groups is 1. The molecule has 2 aromatic rings. The van der Waals surface area contributed by atoms with E-state index in [1.807, 2.05) is 0 Å². The number of aryl methyl sites for hydroxylation is 1. The van der Waals surface area contributed by atoms with Crippen LogP contribution in [0, 0.1) is 6.92 Å². The summed E-state index contributed by atoms with van der Waals surface area (Å²) in [5.74, 6) is -0.581. The van der Waals surface area contributed by atoms with Crippen molar-refractivity contribution in [1.82, 2.24) is 9.97 Å². The molecule has 1 heterocycles. The minimum absolute atomic E-state index is 0.0357. The maximum atomic E-state index is 12.1. The summed E-state index contributed by atoms with van der Waals surface area (Å²) in [7, 11) is -3.75. The summed E-state index contributed by atoms with van der Waals surface area (Å²) in [6.45, 7) is 1.65. The van der Waals surface area contributed by atoms with Gasteiger partial charge in [-0.05, 0) is 30.7 Å². The monoisotopic (exact) mass is 307 g/mol. The van der Waals surface area contributed by atoms with E-state index in [4.69, 9.17) is 5.11 Å². The molecule has 0 unspecified atom stereocenters. The van der Waals surface area contributed by atoms with Crippen molar-refractivity contribution in [2.45, 2.75) is 11.9 Å². The molecule has 0 amide bonds. The Morgan fingerprint density at radius 3 is 2.81 bits per heavy atom. The van der Waals surface area contributed by atoms with E-state index in [1.165, 1.54) is 18.3 Å². The van der Waals surface area contributed by atoms with Gasteiger partial charge in [0.2, 0.25) is 0 Å². The number of aromatic amines is 1. The Bertz CT molecular complexity index is 793. The molecule has 0 saturated heterocycles. The molecular weight excluding hydrogens is 294 g/mol. The van der Waals surface area contributed by atoms with Crippen LogP contribution >= 0.6 is 0 Å². The lowest BCUT2D eigenvalue weighted by Gasteiger charge is -2.06. The highest BCUT2D eigenvalue weighted by Gasteiger charge is 2.16. The number of H-pyrrole nitrogens is 1. The Hall–Kier alpha value is -2.61. The number of imidazole rings is 1. The van der Waals surface area contributed by atoms with Gasteiger partial charge in [0.1, 0.15) is 5.82 Å². The first-order chi connectivity index (χ1) is 9.87. The van der Waals surface area contributed by atoms with E-state index in [0.29, 0.717) is 17.1 Å². The van der Waals surface area contributed by atoms with Gasteiger partial charge in [-0.25, -0.2) is 9.78 Å². The standard InChI is InChI=1S/C13H13N3O4S/c1-9-14-8-12(15-9)21(19,20)16-11-4-2-3-10(7-11)5-6-13(17)18/h2-8,16H,1H3,(H,14,15)(H,17,18). The molecule has 110 valence electrons. The van der Waals surface area contributed by atoms with Gasteiger partial charge in [0.25, 0.3) is 10.0 Å². The van der Waals surface area contributed by atoms with Crippen LogP contribution < -0.4 is 4.72 Å². The first-order valence-corrected chi connectivity index (χ1v) is 7.41. The molecule has 1 aromatic carbocycles. The summed E-state index contributed by atoms with van der Waals surface area (Å²) >= 11 is 0. The van der Waals surface area contributed by atoms with E-state index in [2.05, 4.69) is 14.7 Å². The van der Waals surface area contributed by atoms with Crippen molar-refractivity contribution < 1.29 is 18.3 Å². The molecular formula is C13H13N3O4S. The van der Waals surface area contributed by atoms with Crippen LogP contribution in [-0.2, 0) is 14.8 Å². The molecule has 0 aliphatic carbocycles. The van der Waals surface area contributed by atoms with E-state index in [-0.39, 0.29) is 5.03 Å². The number of hydrogen-bond donors (Lipinski definition) is 3. The third-order valence-corrected chi connectivity index (χ3v) is 3.82. The molecule has 0 aliphatic rings. The third kappa shape index (κ3) is 3.93. The number of carboxylic acid groups (broad SMARTS) is 1. The quantitative estimate of drug-likeness (QED) is 0.727. The molecule has 0 aliphatic heterocycles. The number of anilines is 1. The van der Waals surface area contributed by atoms with Crippen molar-refractivity contribution in [2.24, 2.45) is 0 Å². The van der Waals surface area contributed by atoms with Gasteiger partial charge in [0, 0.05) is 11.8 Å². The topological polar surface area (TPSA) is 112 Å². The second kappa shape index (κ2) is 5.80. The number of aromatic nitrogens is 2. The summed E-state index contributed by atoms with van der Waals surface area (Å²) in [4.78, 5) is 16.9. The van der Waals surface area contributed by atoms with Crippen molar-refractivity contribution >= 4 is 27.8 Å². The van der Waals surface area contributed by atoms with Crippen molar-refractivity contribution in [2.75, 3.05) is 4.72 Å². The molecule has 0 bridgehead atoms. The number of benzene rings is 1. The fourth-order valence-corrected chi connectivity index (χ4v) is 2.64. The SMILES string of the molecule is Cc1ncc(S(=O)(=O)Nc2cccc(C=CC(=O)O)c2)[nH]1. The molecule has 7 nitrogen and oxygen atoms in total. The van der Waals surface area contributed by atoms with Gasteiger partial charge in [-0.3, -0.25) is 4.72 Å². The van der Waals surface area contributed by atoms with E-state index in [0.717, 1.165) is 6.08 Å². The van der Waals surface area contributed by atoms with Crippen LogP contribution in [0.2, 0.25) is 0 Å². The van der Waals surface area contributed by atoms with Crippen LogP contribution in [-0.4, -0.2) is 29.5 Å². The van der Waals surface area contributed by atoms with Gasteiger partial charge in [-0.2, -0.15) is 8.42 Å². The second-order valence-electron chi connectivity index (χ2n) is 4.24. The largest absolute Gasteiger partial charge is 0.478 e. The molecule has 1 aromatic heterocycles. The van der Waals surface area contributed by atoms with Crippen molar-refractivity contribution in [3.8, 4) is 0 Å². The number of nitrogens with zero attached hydrogens (tertiary/aromatic N) is 1. The Kier molecular flexibility index (Phi) is 4.08. The average molecular weight is 307 g/mol. The Morgan fingerprint density at radius 2 is 2.19 bits per heavy atom. The van der Waals surface area contributed by atoms with E-state index < -0.39 is 16.0 Å². The lowest BCUT2D eigenvalue weighted by Crippen LogP contribution is -2.13. The van der Waals surface area contributed by atoms with E-state index in [9.17, 15) is 13.2 Å². The summed E-state index contributed by atoms with van der Waals surface area (Å²) < 4.78 is 26.6. The van der Waals surface area contributed by atoms with E-state index >= 15 is 0 Å². The lowest BCUT2D eigenvalue weighted by atomic mass is 10.2. The fourth-order valence-electron chi connectivity index (χ4n) is 1.62. The van der Waals surface area contributed by atoms with Crippen molar-refractivity contribution in [1.29, 1.82) is 0 Å². The van der Waals surface area contributed by atoms with Crippen molar-refractivity contribution in [3.05, 3.63) is 47.9 Å². The van der Waals surface area contributed by atoms with Crippen LogP contribution in [0.1, 0.15) is 11.4 Å². The Labute approximate surface area is 121 Å². The van der Waals surface area contributed by atoms with Crippen LogP contribution in [0.15, 0.2) is 41.6 Å². The van der Waals surface area contributed by atoms with Gasteiger partial charge in [-0.1, -0.05) is 12.1 Å². The number of aliphatic carboxylic acids is 1. The zero-order valence-corrected chi connectivity index (χ0v) is 11.9. The zero-order valence-electron chi connectivity index (χ0n) is 11.1. The molecule has 8 heteroatoms. The number of rotatable bonds is 5. The van der Waals surface area contributed by atoms with Gasteiger partial charge < -0.3 is 10.1 Å². The Morgan fingerprint density at radius 1 is 1.43 bits per heavy atom. The molecule has 3 N–H and O–H groups in total. The van der Waals surface area contributed by atoms with Crippen molar-refractivity contribution in [3.63, 3.8) is 0 Å². The third-order valence-electron chi connectivity index (χ3n) is 2.53. The van der Waals surface area contributed by atoms with Gasteiger partial charge >= 0.3 is 5.97 Å². The number of sulfonamides is 1. The minimum atomic E-state index is -3.75. The first kappa shape index (κ1) is 14.8. The molecule has 0 spiro atoms. The molecule has 0 atom stereocenters. The second-order valence-corrected chi connectivity index (χ2v) is 5.89. The van der Waals surface area contributed by atoms with Gasteiger partial charge in [0.15, 0.2) is 5.03 Å². The Balaban J connectivity index is 2.23. The number of nitrogens with one attached hydrogen (secondary N) is 2. The van der Waals surface area contributed by atoms with Crippen LogP contribution in [0.4, 0.5) is 5.69 Å². The summed E-state index contributed by atoms with van der Waals surface area (Å²) in [5.41, 5.74) is 0.896. The molecule has 0 saturated carbocycles. The number of carboxylic acids is 1. The molecule has 0 radical (unpaired) electrons. The smallest absolute Gasteiger partial charge is 0.328 e. The normalized spacial score (nSPS) is 11.7. The number of hydrogen-bond acceptors (Lipinski definition) is 4. The first-order valence-electron chi connectivity index (χ1n) is 5.92. The van der Waals surface area contributed by atoms with Gasteiger partial charge in [0.05, 0.1) is 6.20 Å². The predicted octanol–water partition coefficient (Wildman–Crippen LogP) is 1.62. The predicted molar refractivity (Wildman–Crippen MR) is 77.2 cm³/mol. The molecule has 0 fully saturated rings. The highest BCUT2D eigenvalue weighted by Crippen LogP contribution is 2.16. The van der Waals surface area contributed by atoms with Gasteiger partial charge in [-0.15, -0.1) is 0 Å². The minimum Gasteiger partial charge on any atom is -0.478 e. The summed E-state index contributed by atoms with van der Waals surface area (Å²) in [6.07, 6.45) is 3.58. The highest BCUT2D eigenvalue weighted by molar-refractivity contribution is 7.92. The fraction of sp³-hybridized carbons (Fsp3) is 0.0769. The molecule has 21 heavy (non-hydrogen) atoms. The summed E-state index contributed by atoms with van der Waals surface area (Å²) in [5, 5.41) is 8.54. The molecule has 2 rings (SSSR count). The lowest BCUT2D eigenvalue weighted by molar-refractivity contribution is -0.131.